The Labute approximate surface area is 97.5 Å². The first kappa shape index (κ1) is 13.2. The molecule has 0 N–H and O–H groups in total. The number of carbonyl (C=O) groups excluding carboxylic acids is 1. The quantitative estimate of drug-likeness (QED) is 0.722. The summed E-state index contributed by atoms with van der Waals surface area (Å²) >= 11 is 0. The zero-order valence-electron chi connectivity index (χ0n) is 10.9. The summed E-state index contributed by atoms with van der Waals surface area (Å²) < 4.78 is 13.6. The van der Waals surface area contributed by atoms with Gasteiger partial charge in [-0.3, -0.25) is 4.79 Å². The smallest absolute Gasteiger partial charge is 0.196 e. The van der Waals surface area contributed by atoms with Crippen molar-refractivity contribution in [2.24, 2.45) is 0 Å². The van der Waals surface area contributed by atoms with E-state index < -0.39 is 5.67 Å². The summed E-state index contributed by atoms with van der Waals surface area (Å²) in [5, 5.41) is 0. The van der Waals surface area contributed by atoms with Crippen molar-refractivity contribution in [3.8, 4) is 0 Å². The molecule has 3 heteroatoms. The highest BCUT2D eigenvalue weighted by Gasteiger charge is 2.32. The van der Waals surface area contributed by atoms with Gasteiger partial charge in [0.15, 0.2) is 11.5 Å². The Morgan fingerprint density at radius 3 is 2.31 bits per heavy atom. The highest BCUT2D eigenvalue weighted by atomic mass is 19.1. The fraction of sp³-hybridized carbons (Fsp3) is 0.769. The number of carbonyl (C=O) groups is 1. The number of Topliss-reactive ketones (excluding diaryl/α,β-unsaturated/α-hetero) is 1. The van der Waals surface area contributed by atoms with Crippen molar-refractivity contribution < 1.29 is 9.18 Å². The maximum atomic E-state index is 13.6. The average Bonchev–Trinajstić information content (AvgIpc) is 2.14. The zero-order valence-corrected chi connectivity index (χ0v) is 10.9. The van der Waals surface area contributed by atoms with Crippen molar-refractivity contribution in [1.29, 1.82) is 0 Å². The number of rotatable bonds is 2. The molecule has 0 amide bonds. The monoisotopic (exact) mass is 227 g/mol. The van der Waals surface area contributed by atoms with Crippen LogP contribution in [0.5, 0.6) is 0 Å². The predicted molar refractivity (Wildman–Crippen MR) is 64.0 cm³/mol. The lowest BCUT2D eigenvalue weighted by Gasteiger charge is -2.38. The van der Waals surface area contributed by atoms with Gasteiger partial charge in [0.2, 0.25) is 0 Å². The molecule has 2 nitrogen and oxygen atoms in total. The van der Waals surface area contributed by atoms with E-state index in [1.54, 1.807) is 0 Å². The van der Waals surface area contributed by atoms with Gasteiger partial charge in [0.05, 0.1) is 0 Å². The number of hydrogen-bond donors (Lipinski definition) is 0. The molecular formula is C13H22FNO. The molecule has 0 saturated carbocycles. The summed E-state index contributed by atoms with van der Waals surface area (Å²) in [6, 6.07) is 0. The third kappa shape index (κ3) is 3.06. The summed E-state index contributed by atoms with van der Waals surface area (Å²) in [4.78, 5) is 13.9. The highest BCUT2D eigenvalue weighted by Crippen LogP contribution is 2.26. The second-order valence-electron chi connectivity index (χ2n) is 5.92. The van der Waals surface area contributed by atoms with Crippen molar-refractivity contribution >= 4 is 5.78 Å². The van der Waals surface area contributed by atoms with Crippen molar-refractivity contribution in [1.82, 2.24) is 4.90 Å². The molecule has 0 unspecified atom stereocenters. The van der Waals surface area contributed by atoms with Gasteiger partial charge in [-0.05, 0) is 47.5 Å². The van der Waals surface area contributed by atoms with Crippen LogP contribution in [-0.4, -0.2) is 28.4 Å². The van der Waals surface area contributed by atoms with E-state index >= 15 is 0 Å². The van der Waals surface area contributed by atoms with E-state index in [1.807, 2.05) is 6.20 Å². The minimum absolute atomic E-state index is 0.00753. The third-order valence-corrected chi connectivity index (χ3v) is 2.85. The van der Waals surface area contributed by atoms with E-state index in [-0.39, 0.29) is 11.3 Å². The molecular weight excluding hydrogens is 205 g/mol. The zero-order chi connectivity index (χ0) is 12.6. The average molecular weight is 227 g/mol. The summed E-state index contributed by atoms with van der Waals surface area (Å²) in [7, 11) is 0. The molecule has 1 heterocycles. The van der Waals surface area contributed by atoms with Crippen LogP contribution in [0.3, 0.4) is 0 Å². The van der Waals surface area contributed by atoms with Crippen LogP contribution in [0.2, 0.25) is 0 Å². The van der Waals surface area contributed by atoms with Crippen LogP contribution in [0.15, 0.2) is 11.8 Å². The molecule has 0 aromatic carbocycles. The second kappa shape index (κ2) is 4.19. The lowest BCUT2D eigenvalue weighted by molar-refractivity contribution is -0.125. The van der Waals surface area contributed by atoms with Crippen LogP contribution in [0.1, 0.15) is 47.5 Å². The number of ketones is 1. The van der Waals surface area contributed by atoms with Crippen molar-refractivity contribution in [2.45, 2.75) is 58.7 Å². The topological polar surface area (TPSA) is 20.3 Å². The van der Waals surface area contributed by atoms with Crippen LogP contribution in [0, 0.1) is 0 Å². The van der Waals surface area contributed by atoms with Gasteiger partial charge in [0.1, 0.15) is 0 Å². The van der Waals surface area contributed by atoms with Gasteiger partial charge >= 0.3 is 0 Å². The van der Waals surface area contributed by atoms with E-state index in [1.165, 1.54) is 13.8 Å². The molecule has 0 aromatic heterocycles. The first-order chi connectivity index (χ1) is 7.12. The highest BCUT2D eigenvalue weighted by molar-refractivity contribution is 6.01. The Hall–Kier alpha value is -0.860. The van der Waals surface area contributed by atoms with E-state index in [2.05, 4.69) is 25.7 Å². The van der Waals surface area contributed by atoms with Gasteiger partial charge in [-0.15, -0.1) is 0 Å². The number of alkyl halides is 1. The minimum Gasteiger partial charge on any atom is -0.372 e. The largest absolute Gasteiger partial charge is 0.372 e. The second-order valence-corrected chi connectivity index (χ2v) is 5.92. The van der Waals surface area contributed by atoms with Gasteiger partial charge in [0.25, 0.3) is 0 Å². The van der Waals surface area contributed by atoms with Crippen LogP contribution in [0.4, 0.5) is 4.39 Å². The predicted octanol–water partition coefficient (Wildman–Crippen LogP) is 3.08. The molecule has 1 aliphatic heterocycles. The first-order valence-corrected chi connectivity index (χ1v) is 5.83. The van der Waals surface area contributed by atoms with Crippen molar-refractivity contribution in [3.63, 3.8) is 0 Å². The summed E-state index contributed by atoms with van der Waals surface area (Å²) in [6.45, 7) is 9.87. The number of nitrogens with zero attached hydrogens (tertiary/aromatic N) is 1. The van der Waals surface area contributed by atoms with Crippen LogP contribution >= 0.6 is 0 Å². The lowest BCUT2D eigenvalue weighted by atomic mass is 9.92. The van der Waals surface area contributed by atoms with Gasteiger partial charge in [-0.1, -0.05) is 0 Å². The minimum atomic E-state index is -1.76. The Morgan fingerprint density at radius 1 is 1.31 bits per heavy atom. The Balaban J connectivity index is 2.90. The van der Waals surface area contributed by atoms with Crippen molar-refractivity contribution in [2.75, 3.05) is 6.54 Å². The van der Waals surface area contributed by atoms with Gasteiger partial charge < -0.3 is 4.90 Å². The molecule has 0 aliphatic carbocycles. The Bertz CT molecular complexity index is 307. The van der Waals surface area contributed by atoms with E-state index in [0.717, 1.165) is 13.0 Å². The molecule has 0 spiro atoms. The van der Waals surface area contributed by atoms with Gasteiger partial charge in [-0.2, -0.15) is 0 Å². The van der Waals surface area contributed by atoms with Crippen molar-refractivity contribution in [3.05, 3.63) is 11.8 Å². The molecule has 0 fully saturated rings. The standard InChI is InChI=1S/C13H22FNO/c1-12(2,3)15-8-6-7-10(9-15)11(16)13(4,5)14/h9H,6-8H2,1-5H3. The molecule has 92 valence electrons. The molecule has 1 aliphatic rings. The molecule has 0 bridgehead atoms. The summed E-state index contributed by atoms with van der Waals surface area (Å²) in [6.07, 6.45) is 3.46. The lowest BCUT2D eigenvalue weighted by Crippen LogP contribution is -2.41. The van der Waals surface area contributed by atoms with Crippen LogP contribution in [0.25, 0.3) is 0 Å². The van der Waals surface area contributed by atoms with E-state index in [9.17, 15) is 9.18 Å². The third-order valence-electron chi connectivity index (χ3n) is 2.85. The maximum Gasteiger partial charge on any atom is 0.196 e. The summed E-state index contributed by atoms with van der Waals surface area (Å²) in [5.74, 6) is -0.374. The Morgan fingerprint density at radius 2 is 1.88 bits per heavy atom. The van der Waals surface area contributed by atoms with Crippen LogP contribution in [-0.2, 0) is 4.79 Å². The number of hydrogen-bond acceptors (Lipinski definition) is 2. The van der Waals surface area contributed by atoms with Crippen LogP contribution < -0.4 is 0 Å². The summed E-state index contributed by atoms with van der Waals surface area (Å²) in [5.41, 5.74) is -1.15. The molecule has 0 saturated heterocycles. The fourth-order valence-electron chi connectivity index (χ4n) is 1.84. The molecule has 0 aromatic rings. The number of allylic oxidation sites excluding steroid dienone is 1. The molecule has 1 rings (SSSR count). The first-order valence-electron chi connectivity index (χ1n) is 5.83. The normalized spacial score (nSPS) is 18.4. The molecule has 0 radical (unpaired) electrons. The van der Waals surface area contributed by atoms with Gasteiger partial charge in [0, 0.05) is 23.9 Å². The Kier molecular flexibility index (Phi) is 3.46. The van der Waals surface area contributed by atoms with E-state index in [0.29, 0.717) is 12.0 Å². The number of halogens is 1. The fourth-order valence-corrected chi connectivity index (χ4v) is 1.84. The SMILES string of the molecule is CC(C)(F)C(=O)C1=CN(C(C)(C)C)CCC1. The maximum absolute atomic E-state index is 13.6. The molecule has 16 heavy (non-hydrogen) atoms. The van der Waals surface area contributed by atoms with E-state index in [4.69, 9.17) is 0 Å². The van der Waals surface area contributed by atoms with Gasteiger partial charge in [-0.25, -0.2) is 4.39 Å². The molecule has 0 atom stereocenters.